The number of amides is 2. The second-order valence-electron chi connectivity index (χ2n) is 18.1. The van der Waals surface area contributed by atoms with Gasteiger partial charge in [-0.2, -0.15) is 0 Å². The monoisotopic (exact) mass is 1080 g/mol. The first-order valence-electron chi connectivity index (χ1n) is 24.9. The molecule has 13 nitrogen and oxygen atoms in total. The number of methoxy groups -OCH3 is 1. The van der Waals surface area contributed by atoms with Gasteiger partial charge < -0.3 is 24.9 Å². The van der Waals surface area contributed by atoms with Crippen LogP contribution in [0.15, 0.2) is 240 Å². The molecule has 9 aromatic rings. The fraction of sp³-hybridized carbons (Fsp3) is 0.113. The van der Waals surface area contributed by atoms with Crippen molar-refractivity contribution in [2.75, 3.05) is 18.2 Å². The third-order valence-electron chi connectivity index (χ3n) is 13.5. The Labute approximate surface area is 463 Å². The van der Waals surface area contributed by atoms with Crippen LogP contribution in [0.4, 0.5) is 5.13 Å². The minimum absolute atomic E-state index is 0.0523. The molecule has 0 saturated carbocycles. The van der Waals surface area contributed by atoms with Crippen LogP contribution in [0, 0.1) is 0 Å². The number of anilines is 1. The number of hydrogen-bond donors (Lipinski definition) is 2. The summed E-state index contributed by atoms with van der Waals surface area (Å²) in [5.41, 5.74) is 4.79. The number of fused-ring (bicyclic) bond motifs is 1. The van der Waals surface area contributed by atoms with E-state index >= 15 is 4.79 Å². The highest BCUT2D eigenvalue weighted by atomic mass is 32.2. The molecule has 0 radical (unpaired) electrons. The van der Waals surface area contributed by atoms with Crippen molar-refractivity contribution in [2.24, 2.45) is 5.16 Å². The van der Waals surface area contributed by atoms with Gasteiger partial charge in [0.05, 0.1) is 12.8 Å². The number of rotatable bonds is 19. The SMILES string of the molecule is COc1ccc(COC(=O)C2=C(/C=C\c3csnn3)CS[C@H]3C(NC(=O)/C(=N\OC(c4ccccc4)(c4ccccc4)c4ccccc4)c4csc(NC(c5ccccc5)(c5ccccc5)c5ccccc5)n4)C(=O)N23)cc1. The second-order valence-corrected chi connectivity index (χ2v) is 20.7. The number of nitrogens with one attached hydrogen (secondary N) is 2. The number of β-lactam (4-membered cyclic amide) rings is 1. The molecule has 78 heavy (non-hydrogen) atoms. The third kappa shape index (κ3) is 10.2. The Morgan fingerprint density at radius 2 is 1.22 bits per heavy atom. The summed E-state index contributed by atoms with van der Waals surface area (Å²) in [5.74, 6) is -0.950. The standard InChI is InChI=1S/C62H49N7O6S3/c1-73-51-36-32-42(33-37-51)38-74-59(72)55-43(34-35-50-40-78-68-66-50)39-76-58-54(57(71)69(55)58)64-56(70)53(67-75-62(47-26-14-5-15-27-47,48-28-16-6-17-29-48)49-30-18-7-19-31-49)52-41-77-60(63-52)65-61(44-20-8-2-9-21-44,45-22-10-3-11-23-45)46-24-12-4-13-25-46/h2-37,40-41,54,58H,38-39H2,1H3,(H,63,65)(H,64,70)/b35-34-,67-53-/t54?,58-/m0/s1. The van der Waals surface area contributed by atoms with E-state index in [-0.39, 0.29) is 23.7 Å². The number of nitrogens with zero attached hydrogens (tertiary/aromatic N) is 5. The molecule has 2 aromatic heterocycles. The number of thioether (sulfide) groups is 1. The number of oxime groups is 1. The molecule has 11 rings (SSSR count). The summed E-state index contributed by atoms with van der Waals surface area (Å²) in [4.78, 5) is 57.8. The fourth-order valence-electron chi connectivity index (χ4n) is 9.72. The topological polar surface area (TPSA) is 157 Å². The highest BCUT2D eigenvalue weighted by Gasteiger charge is 2.55. The van der Waals surface area contributed by atoms with Crippen LogP contribution in [0.3, 0.4) is 0 Å². The Morgan fingerprint density at radius 3 is 1.72 bits per heavy atom. The summed E-state index contributed by atoms with van der Waals surface area (Å²) < 4.78 is 15.1. The molecule has 1 fully saturated rings. The molecule has 0 aliphatic carbocycles. The number of allylic oxidation sites excluding steroid dienone is 1. The largest absolute Gasteiger partial charge is 0.497 e. The smallest absolute Gasteiger partial charge is 0.355 e. The molecule has 2 aliphatic rings. The van der Waals surface area contributed by atoms with E-state index in [0.29, 0.717) is 27.9 Å². The lowest BCUT2D eigenvalue weighted by molar-refractivity contribution is -0.153. The van der Waals surface area contributed by atoms with Crippen LogP contribution in [0.25, 0.3) is 6.08 Å². The van der Waals surface area contributed by atoms with Crippen molar-refractivity contribution in [2.45, 2.75) is 29.2 Å². The summed E-state index contributed by atoms with van der Waals surface area (Å²) in [6, 6.07) is 65.6. The number of carbonyl (C=O) groups excluding carboxylic acids is 3. The average Bonchev–Trinajstić information content (AvgIpc) is 4.34. The van der Waals surface area contributed by atoms with E-state index < -0.39 is 40.3 Å². The molecule has 2 atom stereocenters. The van der Waals surface area contributed by atoms with Crippen LogP contribution < -0.4 is 15.4 Å². The number of carbonyl (C=O) groups is 3. The molecule has 0 bridgehead atoms. The lowest BCUT2D eigenvalue weighted by Gasteiger charge is -2.49. The van der Waals surface area contributed by atoms with Crippen LogP contribution in [-0.4, -0.2) is 67.2 Å². The van der Waals surface area contributed by atoms with Gasteiger partial charge in [-0.1, -0.05) is 210 Å². The fourth-order valence-corrected chi connectivity index (χ4v) is 12.2. The zero-order chi connectivity index (χ0) is 53.3. The number of esters is 1. The molecule has 1 unspecified atom stereocenters. The molecule has 2 aliphatic heterocycles. The zero-order valence-corrected chi connectivity index (χ0v) is 44.4. The summed E-state index contributed by atoms with van der Waals surface area (Å²) in [6.45, 7) is -0.0523. The maximum Gasteiger partial charge on any atom is 0.355 e. The first-order valence-corrected chi connectivity index (χ1v) is 27.7. The number of thiazole rings is 1. The molecule has 0 spiro atoms. The zero-order valence-electron chi connectivity index (χ0n) is 41.9. The molecule has 386 valence electrons. The van der Waals surface area contributed by atoms with Crippen molar-refractivity contribution in [3.63, 3.8) is 0 Å². The van der Waals surface area contributed by atoms with Crippen molar-refractivity contribution in [1.29, 1.82) is 0 Å². The molecule has 16 heteroatoms. The van der Waals surface area contributed by atoms with Gasteiger partial charge >= 0.3 is 5.97 Å². The number of benzene rings is 7. The Balaban J connectivity index is 0.980. The van der Waals surface area contributed by atoms with Gasteiger partial charge in [0.15, 0.2) is 10.8 Å². The van der Waals surface area contributed by atoms with Gasteiger partial charge in [0.2, 0.25) is 5.60 Å². The van der Waals surface area contributed by atoms with E-state index in [0.717, 1.165) is 38.9 Å². The van der Waals surface area contributed by atoms with Crippen LogP contribution in [-0.2, 0) is 41.7 Å². The van der Waals surface area contributed by atoms with Gasteiger partial charge in [-0.25, -0.2) is 9.78 Å². The molecule has 4 heterocycles. The Kier molecular flexibility index (Phi) is 15.2. The maximum atomic E-state index is 15.4. The van der Waals surface area contributed by atoms with Gasteiger partial charge in [-0.15, -0.1) is 28.2 Å². The normalized spacial score (nSPS) is 15.5. The lowest BCUT2D eigenvalue weighted by Crippen LogP contribution is -2.71. The molecular formula is C62H49N7O6S3. The minimum atomic E-state index is -1.37. The summed E-state index contributed by atoms with van der Waals surface area (Å²) in [5, 5.41) is 19.2. The van der Waals surface area contributed by atoms with Crippen LogP contribution in [0.5, 0.6) is 5.75 Å². The van der Waals surface area contributed by atoms with Crippen molar-refractivity contribution in [3.05, 3.63) is 285 Å². The van der Waals surface area contributed by atoms with Gasteiger partial charge in [0.25, 0.3) is 11.8 Å². The lowest BCUT2D eigenvalue weighted by atomic mass is 9.77. The van der Waals surface area contributed by atoms with Gasteiger partial charge in [0.1, 0.15) is 40.7 Å². The number of hydrogen-bond acceptors (Lipinski definition) is 14. The van der Waals surface area contributed by atoms with Crippen molar-refractivity contribution in [1.82, 2.24) is 24.8 Å². The van der Waals surface area contributed by atoms with E-state index in [1.54, 1.807) is 54.3 Å². The predicted molar refractivity (Wildman–Crippen MR) is 306 cm³/mol. The quantitative estimate of drug-likeness (QED) is 0.0261. The van der Waals surface area contributed by atoms with Crippen molar-refractivity contribution >= 4 is 69.3 Å². The number of ether oxygens (including phenoxy) is 2. The van der Waals surface area contributed by atoms with E-state index in [1.165, 1.54) is 39.5 Å². The Morgan fingerprint density at radius 1 is 0.692 bits per heavy atom. The molecule has 2 N–H and O–H groups in total. The van der Waals surface area contributed by atoms with Crippen LogP contribution >= 0.6 is 34.6 Å². The maximum absolute atomic E-state index is 15.4. The van der Waals surface area contributed by atoms with E-state index in [1.807, 2.05) is 146 Å². The average molecular weight is 1080 g/mol. The summed E-state index contributed by atoms with van der Waals surface area (Å²) in [6.07, 6.45) is 3.49. The Hall–Kier alpha value is -8.96. The minimum Gasteiger partial charge on any atom is -0.497 e. The van der Waals surface area contributed by atoms with E-state index in [2.05, 4.69) is 56.6 Å². The summed E-state index contributed by atoms with van der Waals surface area (Å²) >= 11 is 3.90. The third-order valence-corrected chi connectivity index (χ3v) is 16.1. The van der Waals surface area contributed by atoms with E-state index in [9.17, 15) is 9.59 Å². The van der Waals surface area contributed by atoms with Gasteiger partial charge in [-0.3, -0.25) is 14.5 Å². The van der Waals surface area contributed by atoms with Gasteiger partial charge in [-0.05, 0) is 57.6 Å². The first kappa shape index (κ1) is 51.2. The molecule has 1 saturated heterocycles. The highest BCUT2D eigenvalue weighted by molar-refractivity contribution is 8.00. The second kappa shape index (κ2) is 23.1. The van der Waals surface area contributed by atoms with Crippen molar-refractivity contribution in [3.8, 4) is 5.75 Å². The molecule has 7 aromatic carbocycles. The van der Waals surface area contributed by atoms with Gasteiger partial charge in [0, 0.05) is 33.2 Å². The van der Waals surface area contributed by atoms with Crippen molar-refractivity contribution < 1.29 is 28.7 Å². The predicted octanol–water partition coefficient (Wildman–Crippen LogP) is 11.2. The van der Waals surface area contributed by atoms with Crippen LogP contribution in [0.1, 0.15) is 50.3 Å². The Bertz CT molecular complexity index is 3410. The van der Waals surface area contributed by atoms with E-state index in [4.69, 9.17) is 24.5 Å². The molecular weight excluding hydrogens is 1030 g/mol. The first-order chi connectivity index (χ1) is 38.4. The highest BCUT2D eigenvalue weighted by Crippen LogP contribution is 2.44. The van der Waals surface area contributed by atoms with Crippen LogP contribution in [0.2, 0.25) is 0 Å². The summed E-state index contributed by atoms with van der Waals surface area (Å²) in [7, 11) is 1.58. The molecule has 2 amide bonds. The number of aromatic nitrogens is 3.